The van der Waals surface area contributed by atoms with Crippen molar-refractivity contribution in [2.45, 2.75) is 75.7 Å². The van der Waals surface area contributed by atoms with E-state index in [0.717, 1.165) is 38.5 Å². The fraction of sp³-hybridized carbons (Fsp3) is 0.875. The first-order valence-corrected chi connectivity index (χ1v) is 9.12. The molecule has 2 unspecified atom stereocenters. The van der Waals surface area contributed by atoms with Crippen LogP contribution in [0.1, 0.15) is 65.2 Å². The van der Waals surface area contributed by atoms with Gasteiger partial charge in [0, 0.05) is 10.5 Å². The van der Waals surface area contributed by atoms with Crippen LogP contribution in [0, 0.1) is 0 Å². The van der Waals surface area contributed by atoms with Gasteiger partial charge in [-0.25, -0.2) is 0 Å². The predicted octanol–water partition coefficient (Wildman–Crippen LogP) is 3.83. The predicted molar refractivity (Wildman–Crippen MR) is 95.8 cm³/mol. The molecule has 0 aliphatic heterocycles. The van der Waals surface area contributed by atoms with E-state index in [1.54, 1.807) is 0 Å². The first-order valence-electron chi connectivity index (χ1n) is 8.09. The van der Waals surface area contributed by atoms with Gasteiger partial charge in [0.15, 0.2) is 0 Å². The summed E-state index contributed by atoms with van der Waals surface area (Å²) in [6, 6.07) is 0. The number of hydrogen-bond donors (Lipinski definition) is 2. The SMILES string of the molecule is CC(S)CC(=O)OCCCCCCCCOC(=O)CC(C)S. The van der Waals surface area contributed by atoms with Gasteiger partial charge in [-0.15, -0.1) is 0 Å². The Morgan fingerprint density at radius 2 is 1.05 bits per heavy atom. The molecule has 0 N–H and O–H groups in total. The van der Waals surface area contributed by atoms with Crippen molar-refractivity contribution in [2.24, 2.45) is 0 Å². The molecule has 0 aliphatic carbocycles. The van der Waals surface area contributed by atoms with Gasteiger partial charge in [-0.1, -0.05) is 39.5 Å². The Hall–Kier alpha value is -0.360. The molecule has 4 nitrogen and oxygen atoms in total. The molecule has 0 saturated heterocycles. The third-order valence-electron chi connectivity index (χ3n) is 2.99. The van der Waals surface area contributed by atoms with Crippen LogP contribution in [0.3, 0.4) is 0 Å². The average Bonchev–Trinajstić information content (AvgIpc) is 2.39. The number of thiol groups is 2. The average molecular weight is 351 g/mol. The summed E-state index contributed by atoms with van der Waals surface area (Å²) in [4.78, 5) is 22.5. The van der Waals surface area contributed by atoms with Crippen LogP contribution in [-0.2, 0) is 19.1 Å². The molecule has 6 heteroatoms. The lowest BCUT2D eigenvalue weighted by atomic mass is 10.1. The Balaban J connectivity index is 3.24. The summed E-state index contributed by atoms with van der Waals surface area (Å²) in [5.41, 5.74) is 0. The third-order valence-corrected chi connectivity index (χ3v) is 3.35. The molecule has 22 heavy (non-hydrogen) atoms. The van der Waals surface area contributed by atoms with Crippen LogP contribution in [0.5, 0.6) is 0 Å². The molecule has 0 bridgehead atoms. The van der Waals surface area contributed by atoms with Gasteiger partial charge in [-0.3, -0.25) is 9.59 Å². The molecule has 0 radical (unpaired) electrons. The molecule has 0 rings (SSSR count). The van der Waals surface area contributed by atoms with Gasteiger partial charge in [0.1, 0.15) is 0 Å². The van der Waals surface area contributed by atoms with Crippen LogP contribution < -0.4 is 0 Å². The summed E-state index contributed by atoms with van der Waals surface area (Å²) >= 11 is 8.30. The maximum atomic E-state index is 11.3. The molecule has 0 aromatic rings. The Bertz CT molecular complexity index is 277. The van der Waals surface area contributed by atoms with Gasteiger partial charge in [0.25, 0.3) is 0 Å². The minimum absolute atomic E-state index is 0.0533. The van der Waals surface area contributed by atoms with Crippen LogP contribution >= 0.6 is 25.3 Å². The number of hydrogen-bond acceptors (Lipinski definition) is 6. The Morgan fingerprint density at radius 3 is 1.36 bits per heavy atom. The summed E-state index contributed by atoms with van der Waals surface area (Å²) in [6.45, 7) is 4.75. The van der Waals surface area contributed by atoms with Gasteiger partial charge in [0.05, 0.1) is 26.1 Å². The minimum Gasteiger partial charge on any atom is -0.466 e. The van der Waals surface area contributed by atoms with Crippen molar-refractivity contribution < 1.29 is 19.1 Å². The Morgan fingerprint density at radius 1 is 0.727 bits per heavy atom. The number of carbonyl (C=O) groups is 2. The van der Waals surface area contributed by atoms with Crippen molar-refractivity contribution in [2.75, 3.05) is 13.2 Å². The fourth-order valence-electron chi connectivity index (χ4n) is 1.88. The van der Waals surface area contributed by atoms with Crippen LogP contribution in [-0.4, -0.2) is 35.7 Å². The molecule has 0 aromatic carbocycles. The van der Waals surface area contributed by atoms with Crippen molar-refractivity contribution in [3.05, 3.63) is 0 Å². The lowest BCUT2D eigenvalue weighted by molar-refractivity contribution is -0.144. The summed E-state index contributed by atoms with van der Waals surface area (Å²) in [6.07, 6.45) is 6.89. The monoisotopic (exact) mass is 350 g/mol. The normalized spacial score (nSPS) is 13.5. The van der Waals surface area contributed by atoms with E-state index in [1.807, 2.05) is 13.8 Å². The number of ether oxygens (including phenoxy) is 2. The summed E-state index contributed by atoms with van der Waals surface area (Å²) < 4.78 is 10.2. The first kappa shape index (κ1) is 21.6. The molecule has 0 fully saturated rings. The standard InChI is InChI=1S/C16H30O4S2/c1-13(21)11-15(17)19-9-7-5-3-4-6-8-10-20-16(18)12-14(2)22/h13-14,21-22H,3-12H2,1-2H3. The van der Waals surface area contributed by atoms with E-state index in [9.17, 15) is 9.59 Å². The first-order chi connectivity index (χ1) is 10.4. The van der Waals surface area contributed by atoms with Gasteiger partial charge in [-0.05, 0) is 12.8 Å². The summed E-state index contributed by atoms with van der Waals surface area (Å²) in [7, 11) is 0. The summed E-state index contributed by atoms with van der Waals surface area (Å²) in [5.74, 6) is -0.334. The quantitative estimate of drug-likeness (QED) is 0.301. The highest BCUT2D eigenvalue weighted by Crippen LogP contribution is 2.08. The van der Waals surface area contributed by atoms with E-state index in [2.05, 4.69) is 25.3 Å². The van der Waals surface area contributed by atoms with E-state index in [1.165, 1.54) is 0 Å². The van der Waals surface area contributed by atoms with Gasteiger partial charge in [0.2, 0.25) is 0 Å². The molecule has 0 saturated carbocycles. The molecular weight excluding hydrogens is 320 g/mol. The van der Waals surface area contributed by atoms with Crippen molar-refractivity contribution in [1.29, 1.82) is 0 Å². The van der Waals surface area contributed by atoms with E-state index < -0.39 is 0 Å². The van der Waals surface area contributed by atoms with E-state index in [-0.39, 0.29) is 22.4 Å². The highest BCUT2D eigenvalue weighted by Gasteiger charge is 2.06. The maximum absolute atomic E-state index is 11.3. The minimum atomic E-state index is -0.167. The molecule has 130 valence electrons. The maximum Gasteiger partial charge on any atom is 0.306 e. The van der Waals surface area contributed by atoms with Crippen LogP contribution in [0.25, 0.3) is 0 Å². The molecule has 0 amide bonds. The number of carbonyl (C=O) groups excluding carboxylic acids is 2. The molecule has 2 atom stereocenters. The molecule has 0 aliphatic rings. The van der Waals surface area contributed by atoms with Crippen LogP contribution in [0.2, 0.25) is 0 Å². The van der Waals surface area contributed by atoms with Crippen LogP contribution in [0.4, 0.5) is 0 Å². The van der Waals surface area contributed by atoms with E-state index >= 15 is 0 Å². The smallest absolute Gasteiger partial charge is 0.306 e. The zero-order valence-corrected chi connectivity index (χ0v) is 15.5. The van der Waals surface area contributed by atoms with Crippen molar-refractivity contribution in [1.82, 2.24) is 0 Å². The van der Waals surface area contributed by atoms with Gasteiger partial charge in [-0.2, -0.15) is 25.3 Å². The lowest BCUT2D eigenvalue weighted by Gasteiger charge is -2.07. The number of unbranched alkanes of at least 4 members (excludes halogenated alkanes) is 5. The molecule has 0 heterocycles. The second kappa shape index (κ2) is 14.2. The Labute approximate surface area is 145 Å². The summed E-state index contributed by atoms with van der Waals surface area (Å²) in [5, 5.41) is 0.107. The topological polar surface area (TPSA) is 52.6 Å². The van der Waals surface area contributed by atoms with E-state index in [4.69, 9.17) is 9.47 Å². The second-order valence-electron chi connectivity index (χ2n) is 5.67. The highest BCUT2D eigenvalue weighted by atomic mass is 32.1. The number of esters is 2. The Kier molecular flexibility index (Phi) is 14.0. The lowest BCUT2D eigenvalue weighted by Crippen LogP contribution is -2.10. The zero-order valence-electron chi connectivity index (χ0n) is 13.8. The van der Waals surface area contributed by atoms with E-state index in [0.29, 0.717) is 26.1 Å². The number of rotatable bonds is 13. The molecular formula is C16H30O4S2. The molecule has 0 spiro atoms. The second-order valence-corrected chi connectivity index (χ2v) is 7.43. The van der Waals surface area contributed by atoms with Gasteiger partial charge >= 0.3 is 11.9 Å². The fourth-order valence-corrected chi connectivity index (χ4v) is 2.18. The van der Waals surface area contributed by atoms with Crippen molar-refractivity contribution >= 4 is 37.2 Å². The molecule has 0 aromatic heterocycles. The zero-order chi connectivity index (χ0) is 16.8. The van der Waals surface area contributed by atoms with Crippen molar-refractivity contribution in [3.8, 4) is 0 Å². The largest absolute Gasteiger partial charge is 0.466 e. The third kappa shape index (κ3) is 16.0. The van der Waals surface area contributed by atoms with Crippen molar-refractivity contribution in [3.63, 3.8) is 0 Å². The highest BCUT2D eigenvalue weighted by molar-refractivity contribution is 7.81. The van der Waals surface area contributed by atoms with Crippen LogP contribution in [0.15, 0.2) is 0 Å². The van der Waals surface area contributed by atoms with Gasteiger partial charge < -0.3 is 9.47 Å².